The maximum atomic E-state index is 12.6. The predicted octanol–water partition coefficient (Wildman–Crippen LogP) is 2.02. The molecule has 2 aliphatic rings. The highest BCUT2D eigenvalue weighted by atomic mass is 32.2. The summed E-state index contributed by atoms with van der Waals surface area (Å²) in [5.74, 6) is 0.372. The standard InChI is InChI=1S/C13H16N2O3S/c1-8-3-2-4-14(8)12(16)9-5-10(13(17)18)15-7-19-6-11(9)15/h5,8H,2-4,6-7H2,1H3,(H,17,18)/t8-/m0/s1. The minimum Gasteiger partial charge on any atom is -0.477 e. The van der Waals surface area contributed by atoms with E-state index in [1.54, 1.807) is 22.4 Å². The van der Waals surface area contributed by atoms with E-state index in [2.05, 4.69) is 0 Å². The van der Waals surface area contributed by atoms with E-state index < -0.39 is 5.97 Å². The highest BCUT2D eigenvalue weighted by Crippen LogP contribution is 2.32. The molecule has 1 amide bonds. The van der Waals surface area contributed by atoms with Gasteiger partial charge in [0.15, 0.2) is 0 Å². The molecule has 3 heterocycles. The van der Waals surface area contributed by atoms with Gasteiger partial charge in [-0.25, -0.2) is 4.79 Å². The number of aromatic nitrogens is 1. The summed E-state index contributed by atoms with van der Waals surface area (Å²) in [6.45, 7) is 2.83. The third kappa shape index (κ3) is 1.94. The molecule has 2 aliphatic heterocycles. The lowest BCUT2D eigenvalue weighted by atomic mass is 10.2. The van der Waals surface area contributed by atoms with Crippen molar-refractivity contribution in [3.8, 4) is 0 Å². The third-order valence-corrected chi connectivity index (χ3v) is 4.85. The third-order valence-electron chi connectivity index (χ3n) is 3.93. The zero-order valence-electron chi connectivity index (χ0n) is 10.8. The van der Waals surface area contributed by atoms with Gasteiger partial charge >= 0.3 is 5.97 Å². The van der Waals surface area contributed by atoms with Crippen LogP contribution in [0.25, 0.3) is 0 Å². The van der Waals surface area contributed by atoms with Crippen LogP contribution in [0.15, 0.2) is 6.07 Å². The Morgan fingerprint density at radius 1 is 1.47 bits per heavy atom. The summed E-state index contributed by atoms with van der Waals surface area (Å²) in [6.07, 6.45) is 2.06. The Labute approximate surface area is 115 Å². The number of fused-ring (bicyclic) bond motifs is 1. The zero-order valence-corrected chi connectivity index (χ0v) is 11.6. The van der Waals surface area contributed by atoms with E-state index in [-0.39, 0.29) is 17.6 Å². The first-order chi connectivity index (χ1) is 9.09. The highest BCUT2D eigenvalue weighted by molar-refractivity contribution is 7.97. The molecule has 19 heavy (non-hydrogen) atoms. The van der Waals surface area contributed by atoms with Gasteiger partial charge in [-0.15, -0.1) is 11.8 Å². The summed E-state index contributed by atoms with van der Waals surface area (Å²) >= 11 is 1.64. The van der Waals surface area contributed by atoms with Crippen molar-refractivity contribution in [2.24, 2.45) is 0 Å². The summed E-state index contributed by atoms with van der Waals surface area (Å²) in [4.78, 5) is 25.7. The molecule has 0 aliphatic carbocycles. The number of thioether (sulfide) groups is 1. The summed E-state index contributed by atoms with van der Waals surface area (Å²) < 4.78 is 1.75. The molecule has 1 aromatic heterocycles. The van der Waals surface area contributed by atoms with Gasteiger partial charge in [0.25, 0.3) is 5.91 Å². The van der Waals surface area contributed by atoms with Crippen molar-refractivity contribution in [1.82, 2.24) is 9.47 Å². The van der Waals surface area contributed by atoms with Crippen LogP contribution in [-0.4, -0.2) is 39.0 Å². The first-order valence-corrected chi connectivity index (χ1v) is 7.59. The maximum Gasteiger partial charge on any atom is 0.352 e. The van der Waals surface area contributed by atoms with Crippen molar-refractivity contribution < 1.29 is 14.7 Å². The number of carbonyl (C=O) groups is 2. The molecule has 0 saturated carbocycles. The second-order valence-electron chi connectivity index (χ2n) is 5.09. The molecule has 0 spiro atoms. The molecular weight excluding hydrogens is 264 g/mol. The molecule has 0 unspecified atom stereocenters. The van der Waals surface area contributed by atoms with Crippen LogP contribution in [0.5, 0.6) is 0 Å². The number of rotatable bonds is 2. The molecule has 6 heteroatoms. The van der Waals surface area contributed by atoms with Crippen molar-refractivity contribution in [1.29, 1.82) is 0 Å². The van der Waals surface area contributed by atoms with Gasteiger partial charge in [-0.1, -0.05) is 0 Å². The average Bonchev–Trinajstić information content (AvgIpc) is 3.01. The largest absolute Gasteiger partial charge is 0.477 e. The van der Waals surface area contributed by atoms with E-state index in [4.69, 9.17) is 0 Å². The Kier molecular flexibility index (Phi) is 3.05. The van der Waals surface area contributed by atoms with Crippen molar-refractivity contribution in [2.45, 2.75) is 37.4 Å². The van der Waals surface area contributed by atoms with Crippen molar-refractivity contribution in [3.05, 3.63) is 23.0 Å². The number of aromatic carboxylic acids is 1. The Hall–Kier alpha value is -1.43. The quantitative estimate of drug-likeness (QED) is 0.900. The van der Waals surface area contributed by atoms with Gasteiger partial charge in [-0.3, -0.25) is 4.79 Å². The van der Waals surface area contributed by atoms with Gasteiger partial charge in [-0.2, -0.15) is 0 Å². The summed E-state index contributed by atoms with van der Waals surface area (Å²) in [7, 11) is 0. The number of carboxylic acid groups (broad SMARTS) is 1. The molecule has 3 rings (SSSR count). The normalized spacial score (nSPS) is 21.7. The lowest BCUT2D eigenvalue weighted by Gasteiger charge is -2.21. The first kappa shape index (κ1) is 12.6. The Bertz CT molecular complexity index is 552. The van der Waals surface area contributed by atoms with E-state index in [0.717, 1.165) is 30.8 Å². The molecule has 5 nitrogen and oxygen atoms in total. The minimum atomic E-state index is -0.961. The van der Waals surface area contributed by atoms with E-state index in [0.29, 0.717) is 11.4 Å². The Balaban J connectivity index is 1.99. The fourth-order valence-electron chi connectivity index (χ4n) is 2.88. The number of likely N-dealkylation sites (tertiary alicyclic amines) is 1. The molecule has 1 fully saturated rings. The van der Waals surface area contributed by atoms with Crippen LogP contribution in [0.3, 0.4) is 0 Å². The predicted molar refractivity (Wildman–Crippen MR) is 72.4 cm³/mol. The highest BCUT2D eigenvalue weighted by Gasteiger charge is 2.32. The number of carbonyl (C=O) groups excluding carboxylic acids is 1. The Morgan fingerprint density at radius 3 is 2.89 bits per heavy atom. The van der Waals surface area contributed by atoms with Gasteiger partial charge in [0, 0.05) is 24.0 Å². The molecule has 1 aromatic rings. The zero-order chi connectivity index (χ0) is 13.6. The van der Waals surface area contributed by atoms with Crippen LogP contribution in [0.4, 0.5) is 0 Å². The van der Waals surface area contributed by atoms with Crippen molar-refractivity contribution >= 4 is 23.6 Å². The van der Waals surface area contributed by atoms with Crippen LogP contribution in [0.1, 0.15) is 46.3 Å². The molecule has 0 aromatic carbocycles. The molecule has 1 atom stereocenters. The van der Waals surface area contributed by atoms with Crippen LogP contribution in [0.2, 0.25) is 0 Å². The number of hydrogen-bond acceptors (Lipinski definition) is 3. The lowest BCUT2D eigenvalue weighted by Crippen LogP contribution is -2.33. The number of amides is 1. The van der Waals surface area contributed by atoms with E-state index in [1.165, 1.54) is 0 Å². The average molecular weight is 280 g/mol. The molecule has 102 valence electrons. The first-order valence-electron chi connectivity index (χ1n) is 6.44. The van der Waals surface area contributed by atoms with E-state index >= 15 is 0 Å². The molecule has 1 saturated heterocycles. The Morgan fingerprint density at radius 2 is 2.26 bits per heavy atom. The molecule has 0 bridgehead atoms. The summed E-state index contributed by atoms with van der Waals surface area (Å²) in [5, 5.41) is 9.21. The fraction of sp³-hybridized carbons (Fsp3) is 0.538. The maximum absolute atomic E-state index is 12.6. The summed E-state index contributed by atoms with van der Waals surface area (Å²) in [6, 6.07) is 1.80. The number of carboxylic acids is 1. The summed E-state index contributed by atoms with van der Waals surface area (Å²) in [5.41, 5.74) is 1.68. The van der Waals surface area contributed by atoms with Crippen LogP contribution in [0, 0.1) is 0 Å². The van der Waals surface area contributed by atoms with E-state index in [9.17, 15) is 14.7 Å². The topological polar surface area (TPSA) is 62.5 Å². The smallest absolute Gasteiger partial charge is 0.352 e. The SMILES string of the molecule is C[C@H]1CCCN1C(=O)c1cc(C(=O)O)n2c1CSC2. The van der Waals surface area contributed by atoms with Crippen molar-refractivity contribution in [2.75, 3.05) is 6.54 Å². The lowest BCUT2D eigenvalue weighted by molar-refractivity contribution is 0.0686. The molecule has 0 radical (unpaired) electrons. The van der Waals surface area contributed by atoms with Gasteiger partial charge in [0.2, 0.25) is 0 Å². The monoisotopic (exact) mass is 280 g/mol. The molecule has 1 N–H and O–H groups in total. The second-order valence-corrected chi connectivity index (χ2v) is 6.05. The van der Waals surface area contributed by atoms with Gasteiger partial charge < -0.3 is 14.6 Å². The minimum absolute atomic E-state index is 0.0104. The van der Waals surface area contributed by atoms with Gasteiger partial charge in [-0.05, 0) is 25.8 Å². The van der Waals surface area contributed by atoms with Crippen LogP contribution in [-0.2, 0) is 11.6 Å². The van der Waals surface area contributed by atoms with Crippen LogP contribution >= 0.6 is 11.8 Å². The second kappa shape index (κ2) is 4.59. The molecular formula is C13H16N2O3S. The number of hydrogen-bond donors (Lipinski definition) is 1. The number of nitrogens with zero attached hydrogens (tertiary/aromatic N) is 2. The van der Waals surface area contributed by atoms with Gasteiger partial charge in [0.1, 0.15) is 5.69 Å². The van der Waals surface area contributed by atoms with E-state index in [1.807, 2.05) is 11.8 Å². The fourth-order valence-corrected chi connectivity index (χ4v) is 3.95. The van der Waals surface area contributed by atoms with Gasteiger partial charge in [0.05, 0.1) is 11.4 Å². The van der Waals surface area contributed by atoms with Crippen LogP contribution < -0.4 is 0 Å². The van der Waals surface area contributed by atoms with Crippen molar-refractivity contribution in [3.63, 3.8) is 0 Å².